The van der Waals surface area contributed by atoms with Gasteiger partial charge in [0, 0.05) is 6.54 Å². The van der Waals surface area contributed by atoms with E-state index in [1.54, 1.807) is 0 Å². The average Bonchev–Trinajstić information content (AvgIpc) is 2.76. The lowest BCUT2D eigenvalue weighted by Crippen LogP contribution is -2.27. The maximum Gasteiger partial charge on any atom is 0.0962 e. The summed E-state index contributed by atoms with van der Waals surface area (Å²) in [6.07, 6.45) is 7.03. The van der Waals surface area contributed by atoms with Crippen LogP contribution in [0.3, 0.4) is 0 Å². The van der Waals surface area contributed by atoms with Crippen LogP contribution in [0.4, 0.5) is 0 Å². The topological polar surface area (TPSA) is 56.7 Å². The average molecular weight is 236 g/mol. The normalized spacial score (nSPS) is 26.1. The van der Waals surface area contributed by atoms with E-state index < -0.39 is 0 Å². The number of nitrogens with two attached hydrogens (primary N) is 1. The van der Waals surface area contributed by atoms with Gasteiger partial charge in [0.05, 0.1) is 17.9 Å². The van der Waals surface area contributed by atoms with Crippen molar-refractivity contribution in [3.63, 3.8) is 0 Å². The van der Waals surface area contributed by atoms with E-state index in [-0.39, 0.29) is 0 Å². The third-order valence-electron chi connectivity index (χ3n) is 4.06. The molecule has 96 valence electrons. The fourth-order valence-electron chi connectivity index (χ4n) is 2.79. The quantitative estimate of drug-likeness (QED) is 0.858. The fraction of sp³-hybridized carbons (Fsp3) is 0.846. The molecule has 1 aliphatic rings. The van der Waals surface area contributed by atoms with Crippen molar-refractivity contribution < 1.29 is 0 Å². The van der Waals surface area contributed by atoms with Gasteiger partial charge in [-0.2, -0.15) is 0 Å². The highest BCUT2D eigenvalue weighted by molar-refractivity contribution is 4.93. The first-order chi connectivity index (χ1) is 8.00. The largest absolute Gasteiger partial charge is 0.325 e. The molecule has 0 aliphatic heterocycles. The molecule has 1 aliphatic carbocycles. The second-order valence-corrected chi connectivity index (χ2v) is 6.27. The highest BCUT2D eigenvalue weighted by Gasteiger charge is 2.30. The first-order valence-electron chi connectivity index (χ1n) is 6.61. The van der Waals surface area contributed by atoms with Crippen molar-refractivity contribution in [3.8, 4) is 0 Å². The highest BCUT2D eigenvalue weighted by Crippen LogP contribution is 2.41. The Kier molecular flexibility index (Phi) is 3.52. The van der Waals surface area contributed by atoms with Crippen LogP contribution in [0.15, 0.2) is 6.20 Å². The molecule has 0 unspecified atom stereocenters. The number of rotatable bonds is 2. The monoisotopic (exact) mass is 236 g/mol. The molecule has 2 N–H and O–H groups in total. The number of hydrogen-bond acceptors (Lipinski definition) is 3. The third-order valence-corrected chi connectivity index (χ3v) is 4.06. The van der Waals surface area contributed by atoms with Gasteiger partial charge in [-0.05, 0) is 37.0 Å². The zero-order valence-corrected chi connectivity index (χ0v) is 11.2. The van der Waals surface area contributed by atoms with Crippen LogP contribution in [0.2, 0.25) is 0 Å². The van der Waals surface area contributed by atoms with Crippen LogP contribution in [-0.2, 0) is 6.54 Å². The summed E-state index contributed by atoms with van der Waals surface area (Å²) in [4.78, 5) is 0. The van der Waals surface area contributed by atoms with Crippen molar-refractivity contribution in [2.45, 2.75) is 59.0 Å². The van der Waals surface area contributed by atoms with E-state index in [0.717, 1.165) is 11.6 Å². The Morgan fingerprint density at radius 3 is 2.41 bits per heavy atom. The molecule has 0 bridgehead atoms. The molecule has 1 saturated carbocycles. The van der Waals surface area contributed by atoms with E-state index in [1.165, 1.54) is 25.7 Å². The van der Waals surface area contributed by atoms with Crippen molar-refractivity contribution in [1.82, 2.24) is 15.0 Å². The molecule has 0 aromatic carbocycles. The van der Waals surface area contributed by atoms with Gasteiger partial charge in [-0.3, -0.25) is 0 Å². The molecule has 0 saturated heterocycles. The minimum atomic E-state index is 0.440. The van der Waals surface area contributed by atoms with E-state index in [2.05, 4.69) is 31.1 Å². The van der Waals surface area contributed by atoms with Gasteiger partial charge >= 0.3 is 0 Å². The predicted octanol–water partition coefficient (Wildman–Crippen LogP) is 2.51. The lowest BCUT2D eigenvalue weighted by molar-refractivity contribution is 0.147. The molecule has 4 heteroatoms. The molecule has 1 aromatic rings. The molecule has 1 fully saturated rings. The standard InChI is InChI=1S/C13H24N4/c1-13(2,3)10-4-6-12(7-5-10)17-9-11(8-14)15-16-17/h9-10,12H,4-8,14H2,1-3H3. The maximum atomic E-state index is 5.56. The summed E-state index contributed by atoms with van der Waals surface area (Å²) in [6.45, 7) is 7.53. The molecule has 0 spiro atoms. The van der Waals surface area contributed by atoms with Gasteiger partial charge in [0.25, 0.3) is 0 Å². The van der Waals surface area contributed by atoms with Crippen LogP contribution in [0.25, 0.3) is 0 Å². The fourth-order valence-corrected chi connectivity index (χ4v) is 2.79. The van der Waals surface area contributed by atoms with E-state index in [4.69, 9.17) is 5.73 Å². The van der Waals surface area contributed by atoms with Crippen LogP contribution in [0, 0.1) is 11.3 Å². The molecular weight excluding hydrogens is 212 g/mol. The van der Waals surface area contributed by atoms with Crippen molar-refractivity contribution in [2.24, 2.45) is 17.1 Å². The van der Waals surface area contributed by atoms with Gasteiger partial charge in [-0.15, -0.1) is 5.10 Å². The third kappa shape index (κ3) is 2.86. The van der Waals surface area contributed by atoms with E-state index in [0.29, 0.717) is 18.0 Å². The zero-order chi connectivity index (χ0) is 12.5. The Labute approximate surface area is 104 Å². The van der Waals surface area contributed by atoms with Gasteiger partial charge in [0.2, 0.25) is 0 Å². The second kappa shape index (κ2) is 4.77. The molecular formula is C13H24N4. The summed E-state index contributed by atoms with van der Waals surface area (Å²) in [6, 6.07) is 0.529. The van der Waals surface area contributed by atoms with Gasteiger partial charge in [-0.25, -0.2) is 4.68 Å². The molecule has 0 radical (unpaired) electrons. The van der Waals surface area contributed by atoms with Gasteiger partial charge in [-0.1, -0.05) is 26.0 Å². The number of hydrogen-bond donors (Lipinski definition) is 1. The highest BCUT2D eigenvalue weighted by atomic mass is 15.4. The number of nitrogens with zero attached hydrogens (tertiary/aromatic N) is 3. The van der Waals surface area contributed by atoms with Crippen LogP contribution >= 0.6 is 0 Å². The first-order valence-corrected chi connectivity index (χ1v) is 6.61. The van der Waals surface area contributed by atoms with Crippen molar-refractivity contribution >= 4 is 0 Å². The second-order valence-electron chi connectivity index (χ2n) is 6.27. The minimum Gasteiger partial charge on any atom is -0.325 e. The Morgan fingerprint density at radius 1 is 1.29 bits per heavy atom. The molecule has 1 heterocycles. The van der Waals surface area contributed by atoms with E-state index >= 15 is 0 Å². The van der Waals surface area contributed by atoms with Crippen molar-refractivity contribution in [2.75, 3.05) is 0 Å². The zero-order valence-electron chi connectivity index (χ0n) is 11.2. The van der Waals surface area contributed by atoms with Crippen LogP contribution in [0.1, 0.15) is 58.2 Å². The molecule has 1 aromatic heterocycles. The summed E-state index contributed by atoms with van der Waals surface area (Å²) in [5.74, 6) is 0.844. The minimum absolute atomic E-state index is 0.440. The maximum absolute atomic E-state index is 5.56. The van der Waals surface area contributed by atoms with Gasteiger partial charge < -0.3 is 5.73 Å². The lowest BCUT2D eigenvalue weighted by atomic mass is 9.71. The predicted molar refractivity (Wildman–Crippen MR) is 68.4 cm³/mol. The summed E-state index contributed by atoms with van der Waals surface area (Å²) < 4.78 is 2.01. The lowest BCUT2D eigenvalue weighted by Gasteiger charge is -2.36. The summed E-state index contributed by atoms with van der Waals surface area (Å²) in [7, 11) is 0. The molecule has 0 amide bonds. The van der Waals surface area contributed by atoms with Crippen LogP contribution < -0.4 is 5.73 Å². The van der Waals surface area contributed by atoms with Crippen molar-refractivity contribution in [1.29, 1.82) is 0 Å². The van der Waals surface area contributed by atoms with Gasteiger partial charge in [0.1, 0.15) is 0 Å². The number of aromatic nitrogens is 3. The van der Waals surface area contributed by atoms with Crippen molar-refractivity contribution in [3.05, 3.63) is 11.9 Å². The summed E-state index contributed by atoms with van der Waals surface area (Å²) in [5.41, 5.74) is 6.89. The van der Waals surface area contributed by atoms with E-state index in [1.807, 2.05) is 10.9 Å². The molecule has 4 nitrogen and oxygen atoms in total. The van der Waals surface area contributed by atoms with Crippen LogP contribution in [0.5, 0.6) is 0 Å². The smallest absolute Gasteiger partial charge is 0.0962 e. The molecule has 0 atom stereocenters. The van der Waals surface area contributed by atoms with Gasteiger partial charge in [0.15, 0.2) is 0 Å². The van der Waals surface area contributed by atoms with Crippen LogP contribution in [-0.4, -0.2) is 15.0 Å². The summed E-state index contributed by atoms with van der Waals surface area (Å²) in [5, 5.41) is 8.25. The Hall–Kier alpha value is -0.900. The first kappa shape index (κ1) is 12.6. The van der Waals surface area contributed by atoms with E-state index in [9.17, 15) is 0 Å². The Bertz CT molecular complexity index is 356. The Morgan fingerprint density at radius 2 is 1.94 bits per heavy atom. The molecule has 17 heavy (non-hydrogen) atoms. The molecule has 2 rings (SSSR count). The SMILES string of the molecule is CC(C)(C)C1CCC(n2cc(CN)nn2)CC1. The summed E-state index contributed by atoms with van der Waals surface area (Å²) >= 11 is 0. The Balaban J connectivity index is 1.95.